The number of unbranched alkanes of at least 4 members (excludes halogenated alkanes) is 4. The summed E-state index contributed by atoms with van der Waals surface area (Å²) in [5, 5.41) is 0. The molecule has 0 bridgehead atoms. The van der Waals surface area contributed by atoms with Gasteiger partial charge in [0.15, 0.2) is 0 Å². The highest BCUT2D eigenvalue weighted by Gasteiger charge is 1.97. The van der Waals surface area contributed by atoms with Gasteiger partial charge in [-0.2, -0.15) is 11.8 Å². The molecule has 1 nitrogen and oxygen atoms in total. The summed E-state index contributed by atoms with van der Waals surface area (Å²) in [7, 11) is 0. The Labute approximate surface area is 86.7 Å². The van der Waals surface area contributed by atoms with Crippen molar-refractivity contribution in [3.63, 3.8) is 0 Å². The Morgan fingerprint density at radius 1 is 1.08 bits per heavy atom. The first-order chi connectivity index (χ1) is 6.31. The van der Waals surface area contributed by atoms with Gasteiger partial charge in [-0.15, -0.1) is 0 Å². The molecule has 0 N–H and O–H groups in total. The topological polar surface area (TPSA) is 17.1 Å². The molecule has 0 spiro atoms. The molecule has 0 aliphatic carbocycles. The fourth-order valence-electron chi connectivity index (χ4n) is 1.28. The van der Waals surface area contributed by atoms with Gasteiger partial charge in [-0.3, -0.25) is 4.79 Å². The highest BCUT2D eigenvalue weighted by atomic mass is 32.2. The van der Waals surface area contributed by atoms with Crippen LogP contribution in [0.25, 0.3) is 0 Å². The van der Waals surface area contributed by atoms with Crippen LogP contribution in [-0.2, 0) is 4.79 Å². The Balaban J connectivity index is 2.95. The normalized spacial score (nSPS) is 10.3. The van der Waals surface area contributed by atoms with Crippen molar-refractivity contribution in [2.75, 3.05) is 12.0 Å². The lowest BCUT2D eigenvalue weighted by Gasteiger charge is -1.99. The van der Waals surface area contributed by atoms with Gasteiger partial charge in [0, 0.05) is 12.8 Å². The van der Waals surface area contributed by atoms with Crippen LogP contribution in [-0.4, -0.2) is 17.8 Å². The SMILES string of the molecule is CCC(=O)CCCCCCCSC. The zero-order chi connectivity index (χ0) is 9.94. The summed E-state index contributed by atoms with van der Waals surface area (Å²) in [5.41, 5.74) is 0. The molecule has 0 radical (unpaired) electrons. The highest BCUT2D eigenvalue weighted by molar-refractivity contribution is 7.98. The number of Topliss-reactive ketones (excluding diaryl/α,β-unsaturated/α-hetero) is 1. The van der Waals surface area contributed by atoms with Crippen molar-refractivity contribution in [3.8, 4) is 0 Å². The predicted octanol–water partition coefficient (Wildman–Crippen LogP) is 3.67. The zero-order valence-corrected chi connectivity index (χ0v) is 9.79. The second kappa shape index (κ2) is 10.1. The van der Waals surface area contributed by atoms with E-state index in [4.69, 9.17) is 0 Å². The second-order valence-electron chi connectivity index (χ2n) is 3.40. The third-order valence-electron chi connectivity index (χ3n) is 2.20. The Kier molecular flexibility index (Phi) is 10.1. The predicted molar refractivity (Wildman–Crippen MR) is 61.4 cm³/mol. The third-order valence-corrected chi connectivity index (χ3v) is 2.90. The zero-order valence-electron chi connectivity index (χ0n) is 8.97. The summed E-state index contributed by atoms with van der Waals surface area (Å²) in [6, 6.07) is 0. The molecular formula is C11H22OS. The lowest BCUT2D eigenvalue weighted by molar-refractivity contribution is -0.118. The summed E-state index contributed by atoms with van der Waals surface area (Å²) < 4.78 is 0. The molecule has 0 aromatic carbocycles. The van der Waals surface area contributed by atoms with Gasteiger partial charge < -0.3 is 0 Å². The van der Waals surface area contributed by atoms with Crippen molar-refractivity contribution in [1.29, 1.82) is 0 Å². The maximum absolute atomic E-state index is 10.9. The Bertz CT molecular complexity index is 123. The van der Waals surface area contributed by atoms with E-state index in [1.165, 1.54) is 31.4 Å². The average molecular weight is 202 g/mol. The van der Waals surface area contributed by atoms with Crippen LogP contribution in [0, 0.1) is 0 Å². The summed E-state index contributed by atoms with van der Waals surface area (Å²) in [6.07, 6.45) is 9.99. The Morgan fingerprint density at radius 3 is 2.31 bits per heavy atom. The lowest BCUT2D eigenvalue weighted by Crippen LogP contribution is -1.94. The molecule has 0 fully saturated rings. The molecule has 0 saturated carbocycles. The number of hydrogen-bond donors (Lipinski definition) is 0. The van der Waals surface area contributed by atoms with Gasteiger partial charge in [0.05, 0.1) is 0 Å². The maximum atomic E-state index is 10.9. The smallest absolute Gasteiger partial charge is 0.132 e. The number of hydrogen-bond acceptors (Lipinski definition) is 2. The van der Waals surface area contributed by atoms with E-state index in [0.717, 1.165) is 12.8 Å². The molecule has 0 aromatic rings. The maximum Gasteiger partial charge on any atom is 0.132 e. The van der Waals surface area contributed by atoms with E-state index >= 15 is 0 Å². The van der Waals surface area contributed by atoms with Gasteiger partial charge >= 0.3 is 0 Å². The summed E-state index contributed by atoms with van der Waals surface area (Å²) in [4.78, 5) is 10.9. The minimum absolute atomic E-state index is 0.420. The number of thioether (sulfide) groups is 1. The minimum Gasteiger partial charge on any atom is -0.300 e. The molecule has 0 saturated heterocycles. The molecule has 0 atom stereocenters. The van der Waals surface area contributed by atoms with E-state index in [0.29, 0.717) is 12.2 Å². The van der Waals surface area contributed by atoms with Gasteiger partial charge in [-0.1, -0.05) is 26.2 Å². The first kappa shape index (κ1) is 13.0. The molecule has 0 rings (SSSR count). The van der Waals surface area contributed by atoms with E-state index in [-0.39, 0.29) is 0 Å². The molecule has 0 aliphatic heterocycles. The first-order valence-corrected chi connectivity index (χ1v) is 6.71. The largest absolute Gasteiger partial charge is 0.300 e. The van der Waals surface area contributed by atoms with Crippen LogP contribution in [0.1, 0.15) is 51.9 Å². The molecule has 0 amide bonds. The monoisotopic (exact) mass is 202 g/mol. The van der Waals surface area contributed by atoms with Gasteiger partial charge in [0.25, 0.3) is 0 Å². The molecule has 0 aromatic heterocycles. The molecule has 0 aliphatic rings. The van der Waals surface area contributed by atoms with E-state index in [1.807, 2.05) is 18.7 Å². The Hall–Kier alpha value is 0.0200. The fourth-order valence-corrected chi connectivity index (χ4v) is 1.77. The van der Waals surface area contributed by atoms with E-state index < -0.39 is 0 Å². The van der Waals surface area contributed by atoms with Crippen molar-refractivity contribution >= 4 is 17.5 Å². The van der Waals surface area contributed by atoms with E-state index in [9.17, 15) is 4.79 Å². The van der Waals surface area contributed by atoms with Crippen LogP contribution in [0.4, 0.5) is 0 Å². The quantitative estimate of drug-likeness (QED) is 0.531. The number of rotatable bonds is 9. The molecule has 0 unspecified atom stereocenters. The summed E-state index contributed by atoms with van der Waals surface area (Å²) in [5.74, 6) is 1.71. The van der Waals surface area contributed by atoms with Crippen molar-refractivity contribution in [3.05, 3.63) is 0 Å². The van der Waals surface area contributed by atoms with Gasteiger partial charge in [0.2, 0.25) is 0 Å². The second-order valence-corrected chi connectivity index (χ2v) is 4.39. The molecule has 2 heteroatoms. The van der Waals surface area contributed by atoms with Crippen molar-refractivity contribution in [2.45, 2.75) is 51.9 Å². The third kappa shape index (κ3) is 9.94. The van der Waals surface area contributed by atoms with Gasteiger partial charge in [-0.25, -0.2) is 0 Å². The molecule has 13 heavy (non-hydrogen) atoms. The van der Waals surface area contributed by atoms with Crippen molar-refractivity contribution < 1.29 is 4.79 Å². The van der Waals surface area contributed by atoms with Crippen LogP contribution in [0.2, 0.25) is 0 Å². The van der Waals surface area contributed by atoms with E-state index in [2.05, 4.69) is 6.26 Å². The van der Waals surface area contributed by atoms with Crippen LogP contribution >= 0.6 is 11.8 Å². The van der Waals surface area contributed by atoms with Crippen LogP contribution in [0.15, 0.2) is 0 Å². The number of ketones is 1. The van der Waals surface area contributed by atoms with Gasteiger partial charge in [-0.05, 0) is 24.9 Å². The van der Waals surface area contributed by atoms with Crippen LogP contribution in [0.5, 0.6) is 0 Å². The highest BCUT2D eigenvalue weighted by Crippen LogP contribution is 2.08. The first-order valence-electron chi connectivity index (χ1n) is 5.32. The van der Waals surface area contributed by atoms with Crippen LogP contribution in [0.3, 0.4) is 0 Å². The van der Waals surface area contributed by atoms with Crippen LogP contribution < -0.4 is 0 Å². The summed E-state index contributed by atoms with van der Waals surface area (Å²) >= 11 is 1.92. The number of carbonyl (C=O) groups excluding carboxylic acids is 1. The summed E-state index contributed by atoms with van der Waals surface area (Å²) in [6.45, 7) is 1.95. The lowest BCUT2D eigenvalue weighted by atomic mass is 10.1. The molecular weight excluding hydrogens is 180 g/mol. The van der Waals surface area contributed by atoms with Crippen molar-refractivity contribution in [1.82, 2.24) is 0 Å². The Morgan fingerprint density at radius 2 is 1.69 bits per heavy atom. The number of carbonyl (C=O) groups is 1. The minimum atomic E-state index is 0.420. The fraction of sp³-hybridized carbons (Fsp3) is 0.909. The standard InChI is InChI=1S/C11H22OS/c1-3-11(12)9-7-5-4-6-8-10-13-2/h3-10H2,1-2H3. The molecule has 78 valence electrons. The molecule has 0 heterocycles. The van der Waals surface area contributed by atoms with E-state index in [1.54, 1.807) is 0 Å². The van der Waals surface area contributed by atoms with Crippen molar-refractivity contribution in [2.24, 2.45) is 0 Å². The average Bonchev–Trinajstić information content (AvgIpc) is 2.16. The van der Waals surface area contributed by atoms with Gasteiger partial charge in [0.1, 0.15) is 5.78 Å².